The molecule has 0 aromatic heterocycles. The van der Waals surface area contributed by atoms with E-state index in [1.807, 2.05) is 11.8 Å². The third-order valence-corrected chi connectivity index (χ3v) is 4.62. The van der Waals surface area contributed by atoms with Crippen molar-refractivity contribution < 1.29 is 4.79 Å². The summed E-state index contributed by atoms with van der Waals surface area (Å²) < 4.78 is 0. The van der Waals surface area contributed by atoms with Gasteiger partial charge in [-0.1, -0.05) is 6.92 Å². The van der Waals surface area contributed by atoms with Gasteiger partial charge in [0.05, 0.1) is 6.04 Å². The molecule has 2 aliphatic heterocycles. The van der Waals surface area contributed by atoms with Gasteiger partial charge in [-0.25, -0.2) is 0 Å². The molecule has 0 aromatic carbocycles. The van der Waals surface area contributed by atoms with E-state index < -0.39 is 0 Å². The highest BCUT2D eigenvalue weighted by Gasteiger charge is 2.30. The molecule has 0 bridgehead atoms. The van der Waals surface area contributed by atoms with Gasteiger partial charge in [-0.05, 0) is 37.5 Å². The predicted octanol–water partition coefficient (Wildman–Crippen LogP) is 1.34. The summed E-state index contributed by atoms with van der Waals surface area (Å²) in [6.07, 6.45) is 3.55. The first-order valence-electron chi connectivity index (χ1n) is 6.39. The molecule has 0 radical (unpaired) electrons. The summed E-state index contributed by atoms with van der Waals surface area (Å²) >= 11 is 1.97. The second-order valence-corrected chi connectivity index (χ2v) is 6.07. The molecule has 2 unspecified atom stereocenters. The van der Waals surface area contributed by atoms with E-state index in [1.54, 1.807) is 0 Å². The van der Waals surface area contributed by atoms with Crippen molar-refractivity contribution in [1.82, 2.24) is 10.2 Å². The first-order chi connectivity index (χ1) is 7.79. The van der Waals surface area contributed by atoms with Crippen LogP contribution in [0.15, 0.2) is 0 Å². The summed E-state index contributed by atoms with van der Waals surface area (Å²) in [5.41, 5.74) is 0. The molecule has 2 fully saturated rings. The summed E-state index contributed by atoms with van der Waals surface area (Å²) in [5.74, 6) is 3.15. The molecule has 0 aromatic rings. The van der Waals surface area contributed by atoms with Crippen molar-refractivity contribution in [2.24, 2.45) is 5.92 Å². The van der Waals surface area contributed by atoms with Crippen LogP contribution in [0.2, 0.25) is 0 Å². The zero-order chi connectivity index (χ0) is 11.4. The van der Waals surface area contributed by atoms with Gasteiger partial charge in [-0.15, -0.1) is 0 Å². The highest BCUT2D eigenvalue weighted by molar-refractivity contribution is 7.99. The molecule has 4 heteroatoms. The van der Waals surface area contributed by atoms with E-state index in [4.69, 9.17) is 0 Å². The average Bonchev–Trinajstić information content (AvgIpc) is 2.57. The lowest BCUT2D eigenvalue weighted by Crippen LogP contribution is -2.52. The number of carbonyl (C=O) groups is 1. The summed E-state index contributed by atoms with van der Waals surface area (Å²) in [6.45, 7) is 5.09. The highest BCUT2D eigenvalue weighted by Crippen LogP contribution is 2.19. The molecule has 0 aliphatic carbocycles. The first kappa shape index (κ1) is 12.2. The maximum Gasteiger partial charge on any atom is 0.240 e. The Bertz CT molecular complexity index is 239. The van der Waals surface area contributed by atoms with Crippen molar-refractivity contribution in [3.63, 3.8) is 0 Å². The molecular weight excluding hydrogens is 220 g/mol. The number of thioether (sulfide) groups is 1. The summed E-state index contributed by atoms with van der Waals surface area (Å²) in [5, 5.41) is 3.39. The van der Waals surface area contributed by atoms with Gasteiger partial charge in [0.2, 0.25) is 5.91 Å². The van der Waals surface area contributed by atoms with E-state index >= 15 is 0 Å². The molecule has 92 valence electrons. The van der Waals surface area contributed by atoms with Crippen LogP contribution in [0, 0.1) is 5.92 Å². The van der Waals surface area contributed by atoms with Gasteiger partial charge in [0.15, 0.2) is 0 Å². The van der Waals surface area contributed by atoms with Gasteiger partial charge >= 0.3 is 0 Å². The lowest BCUT2D eigenvalue weighted by molar-refractivity contribution is -0.135. The molecule has 0 saturated carbocycles. The van der Waals surface area contributed by atoms with E-state index in [1.165, 1.54) is 18.6 Å². The number of carbonyl (C=O) groups excluding carboxylic acids is 1. The van der Waals surface area contributed by atoms with Crippen molar-refractivity contribution in [3.8, 4) is 0 Å². The molecule has 16 heavy (non-hydrogen) atoms. The molecule has 2 atom stereocenters. The Morgan fingerprint density at radius 2 is 2.19 bits per heavy atom. The third kappa shape index (κ3) is 2.92. The quantitative estimate of drug-likeness (QED) is 0.753. The number of hydrogen-bond donors (Lipinski definition) is 1. The Kier molecular flexibility index (Phi) is 4.53. The molecular formula is C12H22N2OS. The van der Waals surface area contributed by atoms with Gasteiger partial charge < -0.3 is 10.2 Å². The molecule has 2 aliphatic rings. The Labute approximate surface area is 102 Å². The van der Waals surface area contributed by atoms with Crippen LogP contribution < -0.4 is 5.32 Å². The van der Waals surface area contributed by atoms with Crippen LogP contribution in [0.4, 0.5) is 0 Å². The molecule has 2 heterocycles. The number of piperidine rings is 1. The number of amides is 1. The lowest BCUT2D eigenvalue weighted by atomic mass is 9.92. The SMILES string of the molecule is CC1CCCNC1C(=O)N1CCCSCC1. The standard InChI is InChI=1S/C12H22N2OS/c1-10-4-2-5-13-11(10)12(15)14-6-3-8-16-9-7-14/h10-11,13H,2-9H2,1H3. The van der Waals surface area contributed by atoms with E-state index in [0.717, 1.165) is 31.8 Å². The van der Waals surface area contributed by atoms with Gasteiger partial charge in [0.1, 0.15) is 0 Å². The van der Waals surface area contributed by atoms with Gasteiger partial charge in [-0.2, -0.15) is 11.8 Å². The summed E-state index contributed by atoms with van der Waals surface area (Å²) in [6, 6.07) is 0.0804. The topological polar surface area (TPSA) is 32.3 Å². The van der Waals surface area contributed by atoms with Crippen molar-refractivity contribution in [3.05, 3.63) is 0 Å². The second kappa shape index (κ2) is 5.92. The zero-order valence-corrected chi connectivity index (χ0v) is 10.9. The highest BCUT2D eigenvalue weighted by atomic mass is 32.2. The second-order valence-electron chi connectivity index (χ2n) is 4.84. The van der Waals surface area contributed by atoms with Crippen molar-refractivity contribution >= 4 is 17.7 Å². The van der Waals surface area contributed by atoms with Gasteiger partial charge in [-0.3, -0.25) is 4.79 Å². The van der Waals surface area contributed by atoms with Crippen LogP contribution in [-0.4, -0.2) is 48.0 Å². The summed E-state index contributed by atoms with van der Waals surface area (Å²) in [7, 11) is 0. The van der Waals surface area contributed by atoms with Crippen LogP contribution in [-0.2, 0) is 4.79 Å². The number of nitrogens with zero attached hydrogens (tertiary/aromatic N) is 1. The Morgan fingerprint density at radius 1 is 1.31 bits per heavy atom. The van der Waals surface area contributed by atoms with Crippen LogP contribution in [0.5, 0.6) is 0 Å². The minimum atomic E-state index is 0.0804. The number of nitrogens with one attached hydrogen (secondary N) is 1. The number of hydrogen-bond acceptors (Lipinski definition) is 3. The maximum atomic E-state index is 12.4. The maximum absolute atomic E-state index is 12.4. The van der Waals surface area contributed by atoms with E-state index in [0.29, 0.717) is 11.8 Å². The minimum absolute atomic E-state index is 0.0804. The van der Waals surface area contributed by atoms with Crippen LogP contribution in [0.3, 0.4) is 0 Å². The third-order valence-electron chi connectivity index (χ3n) is 3.57. The van der Waals surface area contributed by atoms with Crippen LogP contribution >= 0.6 is 11.8 Å². The molecule has 0 spiro atoms. The van der Waals surface area contributed by atoms with Crippen molar-refractivity contribution in [2.75, 3.05) is 31.1 Å². The van der Waals surface area contributed by atoms with E-state index in [-0.39, 0.29) is 6.04 Å². The predicted molar refractivity (Wildman–Crippen MR) is 68.7 cm³/mol. The van der Waals surface area contributed by atoms with Crippen LogP contribution in [0.1, 0.15) is 26.2 Å². The molecule has 1 amide bonds. The number of rotatable bonds is 1. The minimum Gasteiger partial charge on any atom is -0.340 e. The van der Waals surface area contributed by atoms with Gasteiger partial charge in [0.25, 0.3) is 0 Å². The van der Waals surface area contributed by atoms with E-state index in [2.05, 4.69) is 17.1 Å². The van der Waals surface area contributed by atoms with Crippen LogP contribution in [0.25, 0.3) is 0 Å². The fourth-order valence-electron chi connectivity index (χ4n) is 2.54. The normalized spacial score (nSPS) is 32.2. The Balaban J connectivity index is 1.93. The summed E-state index contributed by atoms with van der Waals surface area (Å²) in [4.78, 5) is 14.4. The molecule has 3 nitrogen and oxygen atoms in total. The lowest BCUT2D eigenvalue weighted by Gasteiger charge is -2.33. The van der Waals surface area contributed by atoms with E-state index in [9.17, 15) is 4.79 Å². The fraction of sp³-hybridized carbons (Fsp3) is 0.917. The van der Waals surface area contributed by atoms with Crippen molar-refractivity contribution in [2.45, 2.75) is 32.2 Å². The van der Waals surface area contributed by atoms with Gasteiger partial charge in [0, 0.05) is 18.8 Å². The monoisotopic (exact) mass is 242 g/mol. The molecule has 1 N–H and O–H groups in total. The molecule has 2 rings (SSSR count). The van der Waals surface area contributed by atoms with Crippen molar-refractivity contribution in [1.29, 1.82) is 0 Å². The first-order valence-corrected chi connectivity index (χ1v) is 7.54. The largest absolute Gasteiger partial charge is 0.340 e. The zero-order valence-electron chi connectivity index (χ0n) is 10.1. The fourth-order valence-corrected chi connectivity index (χ4v) is 3.43. The molecule has 2 saturated heterocycles. The smallest absolute Gasteiger partial charge is 0.240 e. The Hall–Kier alpha value is -0.220. The Morgan fingerprint density at radius 3 is 3.00 bits per heavy atom. The average molecular weight is 242 g/mol.